The Kier molecular flexibility index (Phi) is 6.98. The molecule has 1 fully saturated rings. The van der Waals surface area contributed by atoms with Crippen LogP contribution in [0.15, 0.2) is 53.4 Å². The zero-order chi connectivity index (χ0) is 20.9. The molecule has 0 saturated carbocycles. The van der Waals surface area contributed by atoms with E-state index >= 15 is 0 Å². The van der Waals surface area contributed by atoms with Crippen molar-refractivity contribution >= 4 is 21.6 Å². The van der Waals surface area contributed by atoms with Crippen molar-refractivity contribution < 1.29 is 18.0 Å². The van der Waals surface area contributed by atoms with Gasteiger partial charge in [0.2, 0.25) is 10.0 Å². The monoisotopic (exact) mass is 413 g/mol. The highest BCUT2D eigenvalue weighted by Gasteiger charge is 2.25. The van der Waals surface area contributed by atoms with Crippen LogP contribution in [0.4, 0.5) is 0 Å². The molecule has 1 aliphatic heterocycles. The largest absolute Gasteiger partial charge is 0.300 e. The van der Waals surface area contributed by atoms with E-state index in [0.29, 0.717) is 25.1 Å². The molecule has 0 unspecified atom stereocenters. The maximum atomic E-state index is 13.0. The third kappa shape index (κ3) is 5.61. The molecule has 0 amide bonds. The smallest absolute Gasteiger partial charge is 0.243 e. The van der Waals surface area contributed by atoms with Crippen molar-refractivity contribution in [1.29, 1.82) is 0 Å². The molecule has 0 spiro atoms. The lowest BCUT2D eigenvalue weighted by molar-refractivity contribution is -0.116. The van der Waals surface area contributed by atoms with E-state index < -0.39 is 10.0 Å². The van der Waals surface area contributed by atoms with Crippen LogP contribution in [0.3, 0.4) is 0 Å². The number of benzene rings is 2. The first kappa shape index (κ1) is 21.4. The van der Waals surface area contributed by atoms with Crippen LogP contribution in [-0.2, 0) is 27.7 Å². The predicted molar refractivity (Wildman–Crippen MR) is 113 cm³/mol. The van der Waals surface area contributed by atoms with Crippen LogP contribution in [0.5, 0.6) is 0 Å². The van der Waals surface area contributed by atoms with E-state index in [-0.39, 0.29) is 22.9 Å². The molecule has 6 heteroatoms. The molecule has 0 aromatic heterocycles. The van der Waals surface area contributed by atoms with Gasteiger partial charge in [-0.15, -0.1) is 0 Å². The molecule has 0 bridgehead atoms. The summed E-state index contributed by atoms with van der Waals surface area (Å²) in [6.07, 6.45) is 4.34. The first-order valence-corrected chi connectivity index (χ1v) is 11.5. The maximum Gasteiger partial charge on any atom is 0.243 e. The van der Waals surface area contributed by atoms with Gasteiger partial charge in [0, 0.05) is 31.5 Å². The Balaban J connectivity index is 1.78. The van der Waals surface area contributed by atoms with Gasteiger partial charge in [0.15, 0.2) is 5.78 Å². The SMILES string of the molecule is CC(=O)Cc1cccc(CC(=O)c2cccc(S(=O)(=O)N3CCCCCC3)c2)c1. The molecule has 1 saturated heterocycles. The molecule has 29 heavy (non-hydrogen) atoms. The second-order valence-electron chi connectivity index (χ2n) is 7.64. The maximum absolute atomic E-state index is 13.0. The lowest BCUT2D eigenvalue weighted by atomic mass is 10.00. The van der Waals surface area contributed by atoms with Crippen molar-refractivity contribution in [1.82, 2.24) is 4.31 Å². The van der Waals surface area contributed by atoms with Crippen molar-refractivity contribution in [3.8, 4) is 0 Å². The lowest BCUT2D eigenvalue weighted by Crippen LogP contribution is -2.32. The second kappa shape index (κ2) is 9.46. The Morgan fingerprint density at radius 3 is 2.14 bits per heavy atom. The quantitative estimate of drug-likeness (QED) is 0.647. The molecule has 1 heterocycles. The summed E-state index contributed by atoms with van der Waals surface area (Å²) in [6.45, 7) is 2.60. The third-order valence-corrected chi connectivity index (χ3v) is 7.06. The predicted octanol–water partition coefficient (Wildman–Crippen LogP) is 3.81. The van der Waals surface area contributed by atoms with Gasteiger partial charge in [-0.1, -0.05) is 49.2 Å². The van der Waals surface area contributed by atoms with E-state index in [1.54, 1.807) is 18.2 Å². The summed E-state index contributed by atoms with van der Waals surface area (Å²) in [6, 6.07) is 13.7. The number of carbonyl (C=O) groups excluding carboxylic acids is 2. The van der Waals surface area contributed by atoms with Gasteiger partial charge in [-0.05, 0) is 43.0 Å². The molecule has 0 radical (unpaired) electrons. The fourth-order valence-corrected chi connectivity index (χ4v) is 5.25. The average Bonchev–Trinajstić information content (AvgIpc) is 2.98. The minimum absolute atomic E-state index is 0.0693. The molecular formula is C23H27NO4S. The van der Waals surface area contributed by atoms with Crippen molar-refractivity contribution in [3.05, 3.63) is 65.2 Å². The highest BCUT2D eigenvalue weighted by atomic mass is 32.2. The van der Waals surface area contributed by atoms with E-state index in [1.807, 2.05) is 24.3 Å². The number of carbonyl (C=O) groups is 2. The van der Waals surface area contributed by atoms with Gasteiger partial charge in [-0.25, -0.2) is 8.42 Å². The van der Waals surface area contributed by atoms with Crippen molar-refractivity contribution in [2.45, 2.75) is 50.3 Å². The molecule has 0 N–H and O–H groups in total. The molecule has 0 aliphatic carbocycles. The van der Waals surface area contributed by atoms with E-state index in [9.17, 15) is 18.0 Å². The molecule has 5 nitrogen and oxygen atoms in total. The van der Waals surface area contributed by atoms with Gasteiger partial charge in [0.25, 0.3) is 0 Å². The summed E-state index contributed by atoms with van der Waals surface area (Å²) in [5.74, 6) is -0.0715. The molecule has 2 aromatic carbocycles. The summed E-state index contributed by atoms with van der Waals surface area (Å²) in [7, 11) is -3.59. The number of rotatable bonds is 7. The Morgan fingerprint density at radius 1 is 0.862 bits per heavy atom. The van der Waals surface area contributed by atoms with Crippen LogP contribution in [0, 0.1) is 0 Å². The van der Waals surface area contributed by atoms with E-state index in [1.165, 1.54) is 17.3 Å². The zero-order valence-corrected chi connectivity index (χ0v) is 17.6. The Bertz CT molecular complexity index is 989. The van der Waals surface area contributed by atoms with Crippen LogP contribution < -0.4 is 0 Å². The third-order valence-electron chi connectivity index (χ3n) is 5.17. The summed E-state index contributed by atoms with van der Waals surface area (Å²) < 4.78 is 27.5. The van der Waals surface area contributed by atoms with Crippen molar-refractivity contribution in [2.24, 2.45) is 0 Å². The van der Waals surface area contributed by atoms with Gasteiger partial charge in [-0.2, -0.15) is 4.31 Å². The summed E-state index contributed by atoms with van der Waals surface area (Å²) in [4.78, 5) is 24.3. The Hall–Kier alpha value is -2.31. The molecule has 3 rings (SSSR count). The Labute approximate surface area is 172 Å². The molecule has 154 valence electrons. The Morgan fingerprint density at radius 2 is 1.48 bits per heavy atom. The zero-order valence-electron chi connectivity index (χ0n) is 16.8. The van der Waals surface area contributed by atoms with Gasteiger partial charge in [0.05, 0.1) is 4.90 Å². The minimum Gasteiger partial charge on any atom is -0.300 e. The highest BCUT2D eigenvalue weighted by molar-refractivity contribution is 7.89. The number of sulfonamides is 1. The van der Waals surface area contributed by atoms with Crippen LogP contribution in [0.25, 0.3) is 0 Å². The van der Waals surface area contributed by atoms with Crippen LogP contribution in [0.2, 0.25) is 0 Å². The van der Waals surface area contributed by atoms with Crippen molar-refractivity contribution in [3.63, 3.8) is 0 Å². The number of Topliss-reactive ketones (excluding diaryl/α,β-unsaturated/α-hetero) is 2. The fourth-order valence-electron chi connectivity index (χ4n) is 3.69. The normalized spacial score (nSPS) is 15.6. The first-order valence-electron chi connectivity index (χ1n) is 10.1. The van der Waals surface area contributed by atoms with Crippen molar-refractivity contribution in [2.75, 3.05) is 13.1 Å². The summed E-state index contributed by atoms with van der Waals surface area (Å²) in [5, 5.41) is 0. The average molecular weight is 414 g/mol. The highest BCUT2D eigenvalue weighted by Crippen LogP contribution is 2.22. The molecular weight excluding hydrogens is 386 g/mol. The molecule has 0 atom stereocenters. The standard InChI is InChI=1S/C23H27NO4S/c1-18(25)14-19-8-6-9-20(15-19)16-23(26)21-10-7-11-22(17-21)29(27,28)24-12-4-2-3-5-13-24/h6-11,15,17H,2-5,12-14,16H2,1H3. The second-order valence-corrected chi connectivity index (χ2v) is 9.58. The number of nitrogens with zero attached hydrogens (tertiary/aromatic N) is 1. The van der Waals surface area contributed by atoms with E-state index in [2.05, 4.69) is 0 Å². The number of hydrogen-bond donors (Lipinski definition) is 0. The van der Waals surface area contributed by atoms with Gasteiger partial charge < -0.3 is 0 Å². The first-order chi connectivity index (χ1) is 13.9. The van der Waals surface area contributed by atoms with Crippen LogP contribution in [-0.4, -0.2) is 37.4 Å². The minimum atomic E-state index is -3.59. The molecule has 1 aliphatic rings. The van der Waals surface area contributed by atoms with Gasteiger partial charge >= 0.3 is 0 Å². The van der Waals surface area contributed by atoms with Gasteiger partial charge in [0.1, 0.15) is 5.78 Å². The summed E-state index contributed by atoms with van der Waals surface area (Å²) in [5.41, 5.74) is 2.08. The topological polar surface area (TPSA) is 71.5 Å². The van der Waals surface area contributed by atoms with E-state index in [4.69, 9.17) is 0 Å². The lowest BCUT2D eigenvalue weighted by Gasteiger charge is -2.20. The van der Waals surface area contributed by atoms with Crippen LogP contribution in [0.1, 0.15) is 54.1 Å². The number of hydrogen-bond acceptors (Lipinski definition) is 4. The molecule has 2 aromatic rings. The number of ketones is 2. The van der Waals surface area contributed by atoms with Gasteiger partial charge in [-0.3, -0.25) is 9.59 Å². The summed E-state index contributed by atoms with van der Waals surface area (Å²) >= 11 is 0. The van der Waals surface area contributed by atoms with Crippen LogP contribution >= 0.6 is 0 Å². The fraction of sp³-hybridized carbons (Fsp3) is 0.391. The van der Waals surface area contributed by atoms with E-state index in [0.717, 1.165) is 36.8 Å².